The second-order valence-electron chi connectivity index (χ2n) is 12.9. The minimum Gasteiger partial charge on any atom is -0.347 e. The summed E-state index contributed by atoms with van der Waals surface area (Å²) in [5, 5.41) is 6.39. The highest BCUT2D eigenvalue weighted by molar-refractivity contribution is 6.23. The average molecular weight is 641 g/mol. The van der Waals surface area contributed by atoms with Crippen molar-refractivity contribution >= 4 is 54.9 Å². The Hall–Kier alpha value is -5.74. The molecule has 8 aromatic rings. The molecule has 4 heteroatoms. The molecule has 0 atom stereocenters. The first-order valence-electron chi connectivity index (χ1n) is 16.9. The summed E-state index contributed by atoms with van der Waals surface area (Å²) in [6.07, 6.45) is 0. The molecule has 8 rings (SSSR count). The van der Waals surface area contributed by atoms with Crippen molar-refractivity contribution in [2.45, 2.75) is 41.2 Å². The number of ketones is 2. The van der Waals surface area contributed by atoms with Gasteiger partial charge in [-0.3, -0.25) is 9.59 Å². The predicted octanol–water partition coefficient (Wildman–Crippen LogP) is 10.8. The van der Waals surface area contributed by atoms with Crippen LogP contribution in [0, 0.1) is 27.7 Å². The lowest BCUT2D eigenvalue weighted by molar-refractivity contribution is 0.103. The minimum absolute atomic E-state index is 0.0977. The zero-order valence-corrected chi connectivity index (χ0v) is 29.0. The second-order valence-corrected chi connectivity index (χ2v) is 12.9. The van der Waals surface area contributed by atoms with Crippen LogP contribution in [0.2, 0.25) is 0 Å². The van der Waals surface area contributed by atoms with Gasteiger partial charge < -0.3 is 9.13 Å². The van der Waals surface area contributed by atoms with Gasteiger partial charge in [0, 0.05) is 57.9 Å². The van der Waals surface area contributed by atoms with Crippen LogP contribution in [0.1, 0.15) is 61.3 Å². The summed E-state index contributed by atoms with van der Waals surface area (Å²) in [5.74, 6) is 0.206. The SMILES string of the molecule is CCn1c(C)c(C(=O)c2ccc(C)c3ccccc23)c2ccccc21.Cc1ccc(C(=O)c2c(C)n(C)c3ccccc23)c2ccccc12. The molecule has 6 aromatic carbocycles. The standard InChI is InChI=1S/C23H21NO.C22H19NO/c1-4-24-16(3)22(20-11-7-8-12-21(20)24)23(25)19-14-13-15(2)17-9-5-6-10-18(17)19;1-14-12-13-18(17-9-5-4-8-16(14)17)22(24)21-15(2)23(3)20-11-7-6-10-19(20)21/h5-14H,4H2,1-3H3;4-13H,1-3H3. The van der Waals surface area contributed by atoms with Gasteiger partial charge in [0.25, 0.3) is 0 Å². The van der Waals surface area contributed by atoms with Gasteiger partial charge in [-0.1, -0.05) is 109 Å². The quantitative estimate of drug-likeness (QED) is 0.176. The number of aryl methyl sites for hydroxylation is 4. The van der Waals surface area contributed by atoms with E-state index in [0.717, 1.165) is 83.5 Å². The van der Waals surface area contributed by atoms with Crippen LogP contribution >= 0.6 is 0 Å². The van der Waals surface area contributed by atoms with Crippen LogP contribution in [0.3, 0.4) is 0 Å². The largest absolute Gasteiger partial charge is 0.347 e. The minimum atomic E-state index is 0.0977. The summed E-state index contributed by atoms with van der Waals surface area (Å²) in [4.78, 5) is 26.9. The first-order chi connectivity index (χ1) is 23.7. The van der Waals surface area contributed by atoms with Crippen molar-refractivity contribution in [1.29, 1.82) is 0 Å². The third-order valence-electron chi connectivity index (χ3n) is 10.2. The molecule has 49 heavy (non-hydrogen) atoms. The van der Waals surface area contributed by atoms with Gasteiger partial charge in [-0.05, 0) is 79.4 Å². The van der Waals surface area contributed by atoms with Crippen LogP contribution < -0.4 is 0 Å². The van der Waals surface area contributed by atoms with Crippen molar-refractivity contribution in [1.82, 2.24) is 9.13 Å². The van der Waals surface area contributed by atoms with Gasteiger partial charge in [-0.25, -0.2) is 0 Å². The molecular formula is C45H40N2O2. The highest BCUT2D eigenvalue weighted by atomic mass is 16.1. The van der Waals surface area contributed by atoms with Crippen molar-refractivity contribution in [3.8, 4) is 0 Å². The van der Waals surface area contributed by atoms with Gasteiger partial charge in [-0.2, -0.15) is 0 Å². The summed E-state index contributed by atoms with van der Waals surface area (Å²) in [6, 6.07) is 40.6. The van der Waals surface area contributed by atoms with Gasteiger partial charge in [0.15, 0.2) is 11.6 Å². The lowest BCUT2D eigenvalue weighted by Crippen LogP contribution is -2.06. The number of hydrogen-bond acceptors (Lipinski definition) is 2. The van der Waals surface area contributed by atoms with E-state index in [1.54, 1.807) is 0 Å². The Kier molecular flexibility index (Phi) is 8.25. The Bertz CT molecular complexity index is 2580. The van der Waals surface area contributed by atoms with E-state index in [9.17, 15) is 9.59 Å². The van der Waals surface area contributed by atoms with E-state index in [-0.39, 0.29) is 11.6 Å². The molecule has 0 aliphatic rings. The number of carbonyl (C=O) groups excluding carboxylic acids is 2. The smallest absolute Gasteiger partial charge is 0.196 e. The highest BCUT2D eigenvalue weighted by Crippen LogP contribution is 2.32. The Morgan fingerprint density at radius 2 is 0.857 bits per heavy atom. The first-order valence-corrected chi connectivity index (χ1v) is 16.9. The first kappa shape index (κ1) is 31.8. The fourth-order valence-electron chi connectivity index (χ4n) is 7.50. The molecule has 0 unspecified atom stereocenters. The van der Waals surface area contributed by atoms with Crippen molar-refractivity contribution in [3.05, 3.63) is 166 Å². The van der Waals surface area contributed by atoms with Crippen LogP contribution in [-0.2, 0) is 13.6 Å². The van der Waals surface area contributed by atoms with Crippen molar-refractivity contribution in [2.24, 2.45) is 7.05 Å². The zero-order chi connectivity index (χ0) is 34.4. The lowest BCUT2D eigenvalue weighted by atomic mass is 9.93. The molecule has 0 amide bonds. The molecule has 242 valence electrons. The molecule has 4 nitrogen and oxygen atoms in total. The zero-order valence-electron chi connectivity index (χ0n) is 29.0. The number of fused-ring (bicyclic) bond motifs is 4. The van der Waals surface area contributed by atoms with E-state index in [4.69, 9.17) is 0 Å². The summed E-state index contributed by atoms with van der Waals surface area (Å²) in [5.41, 5.74) is 9.84. The fraction of sp³-hybridized carbons (Fsp3) is 0.156. The normalized spacial score (nSPS) is 11.3. The number of para-hydroxylation sites is 2. The summed E-state index contributed by atoms with van der Waals surface area (Å²) in [7, 11) is 2.02. The topological polar surface area (TPSA) is 44.0 Å². The molecule has 0 aliphatic carbocycles. The maximum Gasteiger partial charge on any atom is 0.196 e. The Balaban J connectivity index is 0.000000154. The van der Waals surface area contributed by atoms with Crippen molar-refractivity contribution in [3.63, 3.8) is 0 Å². The number of carbonyl (C=O) groups is 2. The Morgan fingerprint density at radius 1 is 0.469 bits per heavy atom. The molecule has 0 saturated heterocycles. The van der Waals surface area contributed by atoms with Crippen molar-refractivity contribution in [2.75, 3.05) is 0 Å². The van der Waals surface area contributed by atoms with E-state index in [0.29, 0.717) is 0 Å². The Morgan fingerprint density at radius 3 is 1.35 bits per heavy atom. The number of benzene rings is 6. The number of rotatable bonds is 5. The number of nitrogens with zero attached hydrogens (tertiary/aromatic N) is 2. The van der Waals surface area contributed by atoms with E-state index >= 15 is 0 Å². The third kappa shape index (κ3) is 5.25. The summed E-state index contributed by atoms with van der Waals surface area (Å²) < 4.78 is 4.32. The molecule has 0 saturated carbocycles. The van der Waals surface area contributed by atoms with Gasteiger partial charge in [0.1, 0.15) is 0 Å². The van der Waals surface area contributed by atoms with Crippen LogP contribution in [0.15, 0.2) is 121 Å². The van der Waals surface area contributed by atoms with Crippen molar-refractivity contribution < 1.29 is 9.59 Å². The maximum absolute atomic E-state index is 13.5. The third-order valence-corrected chi connectivity index (χ3v) is 10.2. The maximum atomic E-state index is 13.5. The van der Waals surface area contributed by atoms with Crippen LogP contribution in [0.5, 0.6) is 0 Å². The molecular weight excluding hydrogens is 601 g/mol. The van der Waals surface area contributed by atoms with Crippen LogP contribution in [-0.4, -0.2) is 20.7 Å². The Labute approximate surface area is 287 Å². The van der Waals surface area contributed by atoms with Gasteiger partial charge in [0.05, 0.1) is 11.1 Å². The molecule has 2 aromatic heterocycles. The second kappa shape index (κ2) is 12.7. The van der Waals surface area contributed by atoms with Crippen LogP contribution in [0.4, 0.5) is 0 Å². The van der Waals surface area contributed by atoms with E-state index in [1.165, 1.54) is 11.1 Å². The molecule has 0 fully saturated rings. The monoisotopic (exact) mass is 640 g/mol. The van der Waals surface area contributed by atoms with Gasteiger partial charge >= 0.3 is 0 Å². The summed E-state index contributed by atoms with van der Waals surface area (Å²) >= 11 is 0. The molecule has 2 heterocycles. The average Bonchev–Trinajstić information content (AvgIpc) is 3.56. The number of aromatic nitrogens is 2. The van der Waals surface area contributed by atoms with Crippen LogP contribution in [0.25, 0.3) is 43.4 Å². The lowest BCUT2D eigenvalue weighted by Gasteiger charge is -2.09. The van der Waals surface area contributed by atoms with E-state index < -0.39 is 0 Å². The molecule has 0 spiro atoms. The fourth-order valence-corrected chi connectivity index (χ4v) is 7.50. The molecule has 0 radical (unpaired) electrons. The molecule has 0 bridgehead atoms. The predicted molar refractivity (Wildman–Crippen MR) is 204 cm³/mol. The molecule has 0 N–H and O–H groups in total. The van der Waals surface area contributed by atoms with E-state index in [2.05, 4.69) is 60.2 Å². The van der Waals surface area contributed by atoms with E-state index in [1.807, 2.05) is 112 Å². The van der Waals surface area contributed by atoms with Gasteiger partial charge in [-0.15, -0.1) is 0 Å². The van der Waals surface area contributed by atoms with Gasteiger partial charge in [0.2, 0.25) is 0 Å². The summed E-state index contributed by atoms with van der Waals surface area (Å²) in [6.45, 7) is 11.2. The number of hydrogen-bond donors (Lipinski definition) is 0. The molecule has 0 aliphatic heterocycles. The highest BCUT2D eigenvalue weighted by Gasteiger charge is 2.23.